The summed E-state index contributed by atoms with van der Waals surface area (Å²) in [5.41, 5.74) is 5.44. The molecule has 0 amide bonds. The van der Waals surface area contributed by atoms with Crippen LogP contribution in [0.1, 0.15) is 26.4 Å². The Morgan fingerprint density at radius 3 is 2.56 bits per heavy atom. The maximum atomic E-state index is 12.2. The smallest absolute Gasteiger partial charge is 0.339 e. The summed E-state index contributed by atoms with van der Waals surface area (Å²) < 4.78 is 11.5. The number of aromatic nitrogens is 4. The number of fused-ring (bicyclic) bond motifs is 2. The third-order valence-corrected chi connectivity index (χ3v) is 5.60. The van der Waals surface area contributed by atoms with E-state index in [4.69, 9.17) is 14.5 Å². The highest BCUT2D eigenvalue weighted by Gasteiger charge is 2.18. The number of nitrogens with zero attached hydrogens (tertiary/aromatic N) is 3. The predicted octanol–water partition coefficient (Wildman–Crippen LogP) is 4.50. The van der Waals surface area contributed by atoms with Crippen molar-refractivity contribution in [3.05, 3.63) is 77.6 Å². The molecule has 0 saturated carbocycles. The molecule has 0 aliphatic rings. The highest BCUT2D eigenvalue weighted by Crippen LogP contribution is 2.33. The summed E-state index contributed by atoms with van der Waals surface area (Å²) in [7, 11) is 2.68. The Hall–Kier alpha value is -4.66. The average molecular weight is 455 g/mol. The Bertz CT molecular complexity index is 1570. The summed E-state index contributed by atoms with van der Waals surface area (Å²) in [5, 5.41) is 11.7. The van der Waals surface area contributed by atoms with E-state index in [2.05, 4.69) is 15.5 Å². The molecule has 0 bridgehead atoms. The van der Waals surface area contributed by atoms with Crippen LogP contribution in [0.4, 0.5) is 11.5 Å². The van der Waals surface area contributed by atoms with Gasteiger partial charge >= 0.3 is 11.9 Å². The van der Waals surface area contributed by atoms with Gasteiger partial charge in [0.25, 0.3) is 0 Å². The first-order valence-electron chi connectivity index (χ1n) is 10.5. The molecule has 0 aliphatic carbocycles. The second kappa shape index (κ2) is 8.36. The van der Waals surface area contributed by atoms with E-state index >= 15 is 0 Å². The van der Waals surface area contributed by atoms with Gasteiger partial charge in [0, 0.05) is 28.5 Å². The van der Waals surface area contributed by atoms with E-state index in [9.17, 15) is 9.59 Å². The van der Waals surface area contributed by atoms with E-state index in [1.165, 1.54) is 14.2 Å². The number of methoxy groups -OCH3 is 2. The van der Waals surface area contributed by atoms with Crippen LogP contribution in [-0.2, 0) is 9.47 Å². The summed E-state index contributed by atoms with van der Waals surface area (Å²) in [4.78, 5) is 29.0. The van der Waals surface area contributed by atoms with Crippen molar-refractivity contribution in [3.63, 3.8) is 0 Å². The minimum Gasteiger partial charge on any atom is -0.465 e. The molecule has 3 heterocycles. The monoisotopic (exact) mass is 455 g/mol. The van der Waals surface area contributed by atoms with Gasteiger partial charge in [0.1, 0.15) is 17.2 Å². The highest BCUT2D eigenvalue weighted by atomic mass is 16.5. The standard InChI is InChI=1S/C25H21N5O4/c1-14-19-12-15(7-9-20(19)29-28-14)22-23(26-18-6-4-5-16(11-18)24(31)33-2)30-13-17(25(32)34-3)8-10-21(30)27-22/h4-13,26H,1-3H3,(H,28,29). The number of aromatic amines is 1. The molecule has 3 aromatic heterocycles. The molecule has 5 aromatic rings. The molecule has 0 unspecified atom stereocenters. The number of carbonyl (C=O) groups is 2. The molecule has 170 valence electrons. The number of benzene rings is 2. The maximum absolute atomic E-state index is 12.2. The van der Waals surface area contributed by atoms with E-state index in [0.29, 0.717) is 34.0 Å². The minimum absolute atomic E-state index is 0.381. The van der Waals surface area contributed by atoms with Crippen LogP contribution in [-0.4, -0.2) is 45.7 Å². The molecule has 0 atom stereocenters. The fourth-order valence-electron chi connectivity index (χ4n) is 3.87. The zero-order chi connectivity index (χ0) is 23.8. The zero-order valence-electron chi connectivity index (χ0n) is 18.7. The number of nitrogens with one attached hydrogen (secondary N) is 2. The molecule has 0 spiro atoms. The number of carbonyl (C=O) groups excluding carboxylic acids is 2. The first-order valence-corrected chi connectivity index (χ1v) is 10.5. The van der Waals surface area contributed by atoms with E-state index in [1.807, 2.05) is 31.2 Å². The molecule has 2 aromatic carbocycles. The van der Waals surface area contributed by atoms with Gasteiger partial charge < -0.3 is 14.8 Å². The Labute approximate surface area is 194 Å². The van der Waals surface area contributed by atoms with Gasteiger partial charge in [-0.2, -0.15) is 5.10 Å². The summed E-state index contributed by atoms with van der Waals surface area (Å²) in [6.07, 6.45) is 1.67. The largest absolute Gasteiger partial charge is 0.465 e. The van der Waals surface area contributed by atoms with E-state index in [1.54, 1.807) is 40.9 Å². The fraction of sp³-hybridized carbons (Fsp3) is 0.120. The lowest BCUT2D eigenvalue weighted by Gasteiger charge is -2.11. The van der Waals surface area contributed by atoms with Crippen LogP contribution in [0.25, 0.3) is 27.8 Å². The van der Waals surface area contributed by atoms with Crippen LogP contribution >= 0.6 is 0 Å². The van der Waals surface area contributed by atoms with Crippen LogP contribution in [0.2, 0.25) is 0 Å². The van der Waals surface area contributed by atoms with Gasteiger partial charge in [0.15, 0.2) is 0 Å². The molecule has 5 rings (SSSR count). The number of ether oxygens (including phenoxy) is 2. The van der Waals surface area contributed by atoms with Crippen molar-refractivity contribution >= 4 is 40.0 Å². The maximum Gasteiger partial charge on any atom is 0.339 e. The number of pyridine rings is 1. The first kappa shape index (κ1) is 21.2. The molecule has 0 radical (unpaired) electrons. The molecule has 9 heteroatoms. The van der Waals surface area contributed by atoms with Crippen molar-refractivity contribution in [3.8, 4) is 11.3 Å². The lowest BCUT2D eigenvalue weighted by atomic mass is 10.1. The molecule has 0 saturated heterocycles. The van der Waals surface area contributed by atoms with Gasteiger partial charge in [-0.15, -0.1) is 0 Å². The van der Waals surface area contributed by atoms with Gasteiger partial charge in [-0.3, -0.25) is 9.50 Å². The number of anilines is 2. The number of imidazole rings is 1. The number of aryl methyl sites for hydroxylation is 1. The molecular weight excluding hydrogens is 434 g/mol. The van der Waals surface area contributed by atoms with E-state index in [0.717, 1.165) is 22.2 Å². The van der Waals surface area contributed by atoms with Gasteiger partial charge in [-0.1, -0.05) is 12.1 Å². The third kappa shape index (κ3) is 3.62. The van der Waals surface area contributed by atoms with Crippen LogP contribution in [0, 0.1) is 6.92 Å². The fourth-order valence-corrected chi connectivity index (χ4v) is 3.87. The van der Waals surface area contributed by atoms with Crippen molar-refractivity contribution in [2.24, 2.45) is 0 Å². The quantitative estimate of drug-likeness (QED) is 0.375. The molecule has 0 fully saturated rings. The molecular formula is C25H21N5O4. The van der Waals surface area contributed by atoms with Crippen LogP contribution in [0.5, 0.6) is 0 Å². The average Bonchev–Trinajstić information content (AvgIpc) is 3.42. The van der Waals surface area contributed by atoms with Crippen molar-refractivity contribution < 1.29 is 19.1 Å². The van der Waals surface area contributed by atoms with Crippen molar-refractivity contribution in [1.29, 1.82) is 0 Å². The summed E-state index contributed by atoms with van der Waals surface area (Å²) >= 11 is 0. The lowest BCUT2D eigenvalue weighted by Crippen LogP contribution is -2.05. The topological polar surface area (TPSA) is 111 Å². The number of esters is 2. The second-order valence-electron chi connectivity index (χ2n) is 7.72. The van der Waals surface area contributed by atoms with Crippen molar-refractivity contribution in [2.45, 2.75) is 6.92 Å². The van der Waals surface area contributed by atoms with Crippen LogP contribution < -0.4 is 5.32 Å². The summed E-state index contributed by atoms with van der Waals surface area (Å²) in [6.45, 7) is 1.96. The molecule has 9 nitrogen and oxygen atoms in total. The molecule has 34 heavy (non-hydrogen) atoms. The third-order valence-electron chi connectivity index (χ3n) is 5.60. The van der Waals surface area contributed by atoms with Gasteiger partial charge in [-0.05, 0) is 49.4 Å². The summed E-state index contributed by atoms with van der Waals surface area (Å²) in [6, 6.07) is 16.3. The number of rotatable bonds is 5. The normalized spacial score (nSPS) is 11.0. The Kier molecular flexibility index (Phi) is 5.21. The van der Waals surface area contributed by atoms with Crippen molar-refractivity contribution in [2.75, 3.05) is 19.5 Å². The van der Waals surface area contributed by atoms with E-state index in [-0.39, 0.29) is 0 Å². The highest BCUT2D eigenvalue weighted by molar-refractivity contribution is 5.93. The number of hydrogen-bond donors (Lipinski definition) is 2. The SMILES string of the molecule is COC(=O)c1cccc(Nc2c(-c3ccc4n[nH]c(C)c4c3)nc3ccc(C(=O)OC)cn23)c1. The Balaban J connectivity index is 1.70. The lowest BCUT2D eigenvalue weighted by molar-refractivity contribution is 0.0591. The molecule has 2 N–H and O–H groups in total. The van der Waals surface area contributed by atoms with E-state index < -0.39 is 11.9 Å². The minimum atomic E-state index is -0.453. The van der Waals surface area contributed by atoms with Gasteiger partial charge in [0.2, 0.25) is 0 Å². The first-order chi connectivity index (χ1) is 16.5. The number of H-pyrrole nitrogens is 1. The Morgan fingerprint density at radius 2 is 1.76 bits per heavy atom. The van der Waals surface area contributed by atoms with Crippen molar-refractivity contribution in [1.82, 2.24) is 19.6 Å². The second-order valence-corrected chi connectivity index (χ2v) is 7.72. The predicted molar refractivity (Wildman–Crippen MR) is 127 cm³/mol. The van der Waals surface area contributed by atoms with Crippen LogP contribution in [0.15, 0.2) is 60.8 Å². The van der Waals surface area contributed by atoms with Crippen LogP contribution in [0.3, 0.4) is 0 Å². The van der Waals surface area contributed by atoms with Gasteiger partial charge in [-0.25, -0.2) is 14.6 Å². The Morgan fingerprint density at radius 1 is 0.971 bits per heavy atom. The zero-order valence-corrected chi connectivity index (χ0v) is 18.7. The number of hydrogen-bond acceptors (Lipinski definition) is 7. The summed E-state index contributed by atoms with van der Waals surface area (Å²) in [5.74, 6) is -0.259. The van der Waals surface area contributed by atoms with Gasteiger partial charge in [0.05, 0.1) is 30.9 Å². The molecule has 0 aliphatic heterocycles.